The molecule has 5 heteroatoms. The second-order valence-electron chi connectivity index (χ2n) is 5.09. The van der Waals surface area contributed by atoms with Gasteiger partial charge in [-0.3, -0.25) is 9.59 Å². The molecule has 0 aromatic heterocycles. The molecule has 1 fully saturated rings. The maximum Gasteiger partial charge on any atom is 0.309 e. The summed E-state index contributed by atoms with van der Waals surface area (Å²) >= 11 is 0. The number of ether oxygens (including phenoxy) is 2. The van der Waals surface area contributed by atoms with Crippen molar-refractivity contribution >= 4 is 17.6 Å². The zero-order valence-electron chi connectivity index (χ0n) is 12.3. The molecule has 0 saturated heterocycles. The van der Waals surface area contributed by atoms with Crippen molar-refractivity contribution in [2.45, 2.75) is 32.6 Å². The van der Waals surface area contributed by atoms with Gasteiger partial charge in [0.05, 0.1) is 12.5 Å². The maximum absolute atomic E-state index is 11.7. The highest BCUT2D eigenvalue weighted by atomic mass is 16.5. The second kappa shape index (κ2) is 7.67. The average Bonchev–Trinajstić information content (AvgIpc) is 3.01. The predicted molar refractivity (Wildman–Crippen MR) is 79.2 cm³/mol. The van der Waals surface area contributed by atoms with E-state index in [1.54, 1.807) is 24.3 Å². The number of esters is 1. The zero-order chi connectivity index (χ0) is 15.1. The molecule has 1 aromatic carbocycles. The molecule has 1 N–H and O–H groups in total. The first-order chi connectivity index (χ1) is 10.2. The lowest BCUT2D eigenvalue weighted by Gasteiger charge is -2.10. The van der Waals surface area contributed by atoms with E-state index in [-0.39, 0.29) is 24.4 Å². The Hall–Kier alpha value is -2.04. The van der Waals surface area contributed by atoms with Crippen LogP contribution in [0.2, 0.25) is 0 Å². The predicted octanol–water partition coefficient (Wildman–Crippen LogP) is 2.76. The molecule has 1 amide bonds. The number of hydrogen-bond donors (Lipinski definition) is 1. The number of nitrogens with one attached hydrogen (secondary N) is 1. The second-order valence-corrected chi connectivity index (χ2v) is 5.09. The molecule has 114 valence electrons. The molecule has 2 rings (SSSR count). The molecule has 5 nitrogen and oxygen atoms in total. The third kappa shape index (κ3) is 4.77. The highest BCUT2D eigenvalue weighted by molar-refractivity contribution is 5.92. The molecule has 0 unspecified atom stereocenters. The van der Waals surface area contributed by atoms with Crippen molar-refractivity contribution in [3.8, 4) is 5.75 Å². The molecule has 0 aliphatic heterocycles. The van der Waals surface area contributed by atoms with Crippen LogP contribution in [0.1, 0.15) is 32.6 Å². The summed E-state index contributed by atoms with van der Waals surface area (Å²) < 4.78 is 10.4. The van der Waals surface area contributed by atoms with Crippen LogP contribution in [0, 0.1) is 5.92 Å². The summed E-state index contributed by atoms with van der Waals surface area (Å²) in [6.45, 7) is 2.28. The van der Waals surface area contributed by atoms with Gasteiger partial charge < -0.3 is 14.8 Å². The molecule has 0 heterocycles. The van der Waals surface area contributed by atoms with Gasteiger partial charge in [0.2, 0.25) is 0 Å². The molecule has 0 spiro atoms. The molecule has 1 aromatic rings. The third-order valence-corrected chi connectivity index (χ3v) is 3.48. The van der Waals surface area contributed by atoms with Gasteiger partial charge in [-0.2, -0.15) is 0 Å². The minimum absolute atomic E-state index is 0.0247. The fraction of sp³-hybridized carbons (Fsp3) is 0.500. The van der Waals surface area contributed by atoms with Gasteiger partial charge in [-0.15, -0.1) is 0 Å². The van der Waals surface area contributed by atoms with E-state index in [1.807, 2.05) is 6.92 Å². The summed E-state index contributed by atoms with van der Waals surface area (Å²) in [5.41, 5.74) is 0.653. The van der Waals surface area contributed by atoms with Crippen LogP contribution < -0.4 is 10.1 Å². The van der Waals surface area contributed by atoms with E-state index in [0.717, 1.165) is 31.4 Å². The number of rotatable bonds is 6. The first-order valence-corrected chi connectivity index (χ1v) is 7.38. The van der Waals surface area contributed by atoms with Gasteiger partial charge in [0.25, 0.3) is 5.91 Å². The summed E-state index contributed by atoms with van der Waals surface area (Å²) in [7, 11) is 0. The fourth-order valence-corrected chi connectivity index (χ4v) is 2.41. The van der Waals surface area contributed by atoms with Gasteiger partial charge in [0, 0.05) is 5.69 Å². The van der Waals surface area contributed by atoms with Gasteiger partial charge in [0.1, 0.15) is 5.75 Å². The van der Waals surface area contributed by atoms with Gasteiger partial charge in [-0.25, -0.2) is 0 Å². The minimum Gasteiger partial charge on any atom is -0.494 e. The summed E-state index contributed by atoms with van der Waals surface area (Å²) in [5, 5.41) is 2.69. The van der Waals surface area contributed by atoms with Crippen molar-refractivity contribution in [3.05, 3.63) is 24.3 Å². The van der Waals surface area contributed by atoms with Crippen LogP contribution in [0.5, 0.6) is 5.75 Å². The number of carbonyl (C=O) groups excluding carboxylic acids is 2. The smallest absolute Gasteiger partial charge is 0.309 e. The van der Waals surface area contributed by atoms with Crippen molar-refractivity contribution in [1.29, 1.82) is 0 Å². The van der Waals surface area contributed by atoms with E-state index in [4.69, 9.17) is 9.47 Å². The van der Waals surface area contributed by atoms with Crippen LogP contribution in [-0.2, 0) is 14.3 Å². The lowest BCUT2D eigenvalue weighted by Crippen LogP contribution is -2.23. The van der Waals surface area contributed by atoms with Gasteiger partial charge >= 0.3 is 5.97 Å². The van der Waals surface area contributed by atoms with E-state index in [9.17, 15) is 9.59 Å². The normalized spacial score (nSPS) is 14.7. The Morgan fingerprint density at radius 1 is 1.19 bits per heavy atom. The third-order valence-electron chi connectivity index (χ3n) is 3.48. The molecule has 0 atom stereocenters. The average molecular weight is 291 g/mol. The standard InChI is InChI=1S/C16H21NO4/c1-2-20-14-9-7-13(8-10-14)17-15(18)11-21-16(19)12-5-3-4-6-12/h7-10,12H,2-6,11H2,1H3,(H,17,18). The molecule has 21 heavy (non-hydrogen) atoms. The van der Waals surface area contributed by atoms with E-state index < -0.39 is 0 Å². The number of hydrogen-bond acceptors (Lipinski definition) is 4. The molecule has 0 radical (unpaired) electrons. The van der Waals surface area contributed by atoms with Gasteiger partial charge in [-0.1, -0.05) is 12.8 Å². The van der Waals surface area contributed by atoms with E-state index >= 15 is 0 Å². The summed E-state index contributed by atoms with van der Waals surface area (Å²) in [5.74, 6) is 0.145. The Morgan fingerprint density at radius 2 is 1.86 bits per heavy atom. The summed E-state index contributed by atoms with van der Waals surface area (Å²) in [4.78, 5) is 23.4. The van der Waals surface area contributed by atoms with E-state index in [2.05, 4.69) is 5.32 Å². The van der Waals surface area contributed by atoms with Gasteiger partial charge in [-0.05, 0) is 44.0 Å². The van der Waals surface area contributed by atoms with Crippen LogP contribution in [0.3, 0.4) is 0 Å². The largest absolute Gasteiger partial charge is 0.494 e. The minimum atomic E-state index is -0.328. The highest BCUT2D eigenvalue weighted by Crippen LogP contribution is 2.25. The van der Waals surface area contributed by atoms with Crippen LogP contribution in [0.15, 0.2) is 24.3 Å². The topological polar surface area (TPSA) is 64.6 Å². The van der Waals surface area contributed by atoms with Crippen LogP contribution >= 0.6 is 0 Å². The number of amides is 1. The van der Waals surface area contributed by atoms with Crippen molar-refractivity contribution in [3.63, 3.8) is 0 Å². The zero-order valence-corrected chi connectivity index (χ0v) is 12.3. The first-order valence-electron chi connectivity index (χ1n) is 7.38. The molecule has 0 bridgehead atoms. The van der Waals surface area contributed by atoms with Crippen molar-refractivity contribution in [1.82, 2.24) is 0 Å². The summed E-state index contributed by atoms with van der Waals surface area (Å²) in [6.07, 6.45) is 3.88. The number of anilines is 1. The van der Waals surface area contributed by atoms with Crippen LogP contribution in [0.4, 0.5) is 5.69 Å². The number of carbonyl (C=O) groups is 2. The number of benzene rings is 1. The lowest BCUT2D eigenvalue weighted by atomic mass is 10.1. The first kappa shape index (κ1) is 15.4. The quantitative estimate of drug-likeness (QED) is 0.818. The van der Waals surface area contributed by atoms with Crippen LogP contribution in [0.25, 0.3) is 0 Å². The molecular formula is C16H21NO4. The van der Waals surface area contributed by atoms with Crippen LogP contribution in [-0.4, -0.2) is 25.1 Å². The fourth-order valence-electron chi connectivity index (χ4n) is 2.41. The SMILES string of the molecule is CCOc1ccc(NC(=O)COC(=O)C2CCCC2)cc1. The Bertz CT molecular complexity index is 478. The molecular weight excluding hydrogens is 270 g/mol. The Morgan fingerprint density at radius 3 is 2.48 bits per heavy atom. The van der Waals surface area contributed by atoms with Crippen molar-refractivity contribution in [2.24, 2.45) is 5.92 Å². The Kier molecular flexibility index (Phi) is 5.60. The van der Waals surface area contributed by atoms with Gasteiger partial charge in [0.15, 0.2) is 6.61 Å². The Labute approximate surface area is 124 Å². The molecule has 1 aliphatic rings. The van der Waals surface area contributed by atoms with E-state index in [0.29, 0.717) is 12.3 Å². The monoisotopic (exact) mass is 291 g/mol. The van der Waals surface area contributed by atoms with Crippen molar-refractivity contribution in [2.75, 3.05) is 18.5 Å². The Balaban J connectivity index is 1.74. The maximum atomic E-state index is 11.7. The highest BCUT2D eigenvalue weighted by Gasteiger charge is 2.24. The van der Waals surface area contributed by atoms with Crippen molar-refractivity contribution < 1.29 is 19.1 Å². The van der Waals surface area contributed by atoms with E-state index in [1.165, 1.54) is 0 Å². The molecule has 1 saturated carbocycles. The lowest BCUT2D eigenvalue weighted by molar-refractivity contribution is -0.151. The molecule has 1 aliphatic carbocycles. The summed E-state index contributed by atoms with van der Waals surface area (Å²) in [6, 6.07) is 7.07.